The number of hydrogen-bond acceptors (Lipinski definition) is 2. The minimum Gasteiger partial charge on any atom is -0.335 e. The monoisotopic (exact) mass is 154 g/mol. The van der Waals surface area contributed by atoms with E-state index in [1.165, 1.54) is 12.8 Å². The van der Waals surface area contributed by atoms with E-state index in [-0.39, 0.29) is 11.4 Å². The normalized spacial score (nSPS) is 27.2. The number of carbonyl (C=O) groups excluding carboxylic acids is 1. The Labute approximate surface area is 66.8 Å². The molecule has 2 aliphatic rings. The van der Waals surface area contributed by atoms with Gasteiger partial charge in [0.2, 0.25) is 5.91 Å². The summed E-state index contributed by atoms with van der Waals surface area (Å²) in [6, 6.07) is 0. The van der Waals surface area contributed by atoms with Gasteiger partial charge in [0.05, 0.1) is 5.54 Å². The summed E-state index contributed by atoms with van der Waals surface area (Å²) < 4.78 is 0. The molecule has 2 rings (SSSR count). The van der Waals surface area contributed by atoms with Gasteiger partial charge < -0.3 is 10.2 Å². The Kier molecular flexibility index (Phi) is 1.42. The van der Waals surface area contributed by atoms with Gasteiger partial charge in [-0.3, -0.25) is 4.79 Å². The summed E-state index contributed by atoms with van der Waals surface area (Å²) in [5.74, 6) is 0.240. The highest BCUT2D eigenvalue weighted by atomic mass is 16.2. The molecule has 0 aromatic carbocycles. The summed E-state index contributed by atoms with van der Waals surface area (Å²) in [6.45, 7) is 4.65. The van der Waals surface area contributed by atoms with Crippen LogP contribution in [0.15, 0.2) is 0 Å². The van der Waals surface area contributed by atoms with Gasteiger partial charge >= 0.3 is 0 Å². The van der Waals surface area contributed by atoms with E-state index < -0.39 is 0 Å². The fourth-order valence-corrected chi connectivity index (χ4v) is 2.21. The standard InChI is InChI=1S/C8H14N2O/c1-7(11)10-4-2-3-8(10)5-9-6-8/h9H,2-6H2,1H3. The van der Waals surface area contributed by atoms with Crippen LogP contribution in [0, 0.1) is 0 Å². The minimum absolute atomic E-state index is 0.228. The van der Waals surface area contributed by atoms with Gasteiger partial charge in [-0.2, -0.15) is 0 Å². The van der Waals surface area contributed by atoms with Gasteiger partial charge in [0, 0.05) is 26.6 Å². The molecule has 1 spiro atoms. The first-order valence-electron chi connectivity index (χ1n) is 4.24. The second-order valence-corrected chi connectivity index (χ2v) is 3.60. The van der Waals surface area contributed by atoms with Crippen molar-refractivity contribution in [1.82, 2.24) is 10.2 Å². The first kappa shape index (κ1) is 7.10. The molecule has 3 heteroatoms. The predicted molar refractivity (Wildman–Crippen MR) is 42.2 cm³/mol. The topological polar surface area (TPSA) is 32.3 Å². The molecule has 0 aromatic rings. The lowest BCUT2D eigenvalue weighted by Gasteiger charge is -2.46. The van der Waals surface area contributed by atoms with Crippen molar-refractivity contribution in [1.29, 1.82) is 0 Å². The zero-order chi connectivity index (χ0) is 7.90. The maximum Gasteiger partial charge on any atom is 0.219 e. The van der Waals surface area contributed by atoms with E-state index in [9.17, 15) is 4.79 Å². The van der Waals surface area contributed by atoms with Gasteiger partial charge in [-0.1, -0.05) is 0 Å². The third kappa shape index (κ3) is 0.872. The van der Waals surface area contributed by atoms with Gasteiger partial charge in [-0.25, -0.2) is 0 Å². The third-order valence-corrected chi connectivity index (χ3v) is 2.88. The lowest BCUT2D eigenvalue weighted by Crippen LogP contribution is -2.67. The van der Waals surface area contributed by atoms with Gasteiger partial charge in [0.25, 0.3) is 0 Å². The summed E-state index contributed by atoms with van der Waals surface area (Å²) in [4.78, 5) is 13.2. The number of likely N-dealkylation sites (tertiary alicyclic amines) is 1. The summed E-state index contributed by atoms with van der Waals surface area (Å²) in [5, 5.41) is 3.23. The van der Waals surface area contributed by atoms with Crippen LogP contribution in [0.2, 0.25) is 0 Å². The van der Waals surface area contributed by atoms with Crippen LogP contribution in [-0.2, 0) is 4.79 Å². The van der Waals surface area contributed by atoms with Crippen molar-refractivity contribution >= 4 is 5.91 Å². The SMILES string of the molecule is CC(=O)N1CCCC12CNC2. The maximum absolute atomic E-state index is 11.2. The van der Waals surface area contributed by atoms with Crippen LogP contribution < -0.4 is 5.32 Å². The predicted octanol–water partition coefficient (Wildman–Crippen LogP) is -0.0293. The van der Waals surface area contributed by atoms with Gasteiger partial charge in [-0.15, -0.1) is 0 Å². The molecule has 2 heterocycles. The molecule has 0 aliphatic carbocycles. The molecule has 1 amide bonds. The van der Waals surface area contributed by atoms with Gasteiger partial charge in [-0.05, 0) is 12.8 Å². The molecule has 0 saturated carbocycles. The number of nitrogens with one attached hydrogen (secondary N) is 1. The molecule has 0 radical (unpaired) electrons. The summed E-state index contributed by atoms with van der Waals surface area (Å²) in [6.07, 6.45) is 2.38. The summed E-state index contributed by atoms with van der Waals surface area (Å²) in [5.41, 5.74) is 0.228. The second kappa shape index (κ2) is 2.21. The van der Waals surface area contributed by atoms with Crippen molar-refractivity contribution in [3.05, 3.63) is 0 Å². The van der Waals surface area contributed by atoms with E-state index in [0.29, 0.717) is 0 Å². The van der Waals surface area contributed by atoms with E-state index in [1.807, 2.05) is 4.90 Å². The van der Waals surface area contributed by atoms with Gasteiger partial charge in [0.1, 0.15) is 0 Å². The molecular formula is C8H14N2O. The smallest absolute Gasteiger partial charge is 0.219 e. The Morgan fingerprint density at radius 2 is 2.27 bits per heavy atom. The number of rotatable bonds is 0. The molecule has 0 unspecified atom stereocenters. The molecule has 2 fully saturated rings. The van der Waals surface area contributed by atoms with E-state index in [2.05, 4.69) is 5.32 Å². The van der Waals surface area contributed by atoms with E-state index >= 15 is 0 Å². The molecular weight excluding hydrogens is 140 g/mol. The Morgan fingerprint density at radius 3 is 2.64 bits per heavy atom. The second-order valence-electron chi connectivity index (χ2n) is 3.60. The Morgan fingerprint density at radius 1 is 1.55 bits per heavy atom. The van der Waals surface area contributed by atoms with Crippen molar-refractivity contribution in [2.24, 2.45) is 0 Å². The number of carbonyl (C=O) groups is 1. The maximum atomic E-state index is 11.2. The van der Waals surface area contributed by atoms with Crippen LogP contribution in [0.25, 0.3) is 0 Å². The molecule has 11 heavy (non-hydrogen) atoms. The third-order valence-electron chi connectivity index (χ3n) is 2.88. The fourth-order valence-electron chi connectivity index (χ4n) is 2.21. The van der Waals surface area contributed by atoms with Crippen LogP contribution in [-0.4, -0.2) is 36.0 Å². The van der Waals surface area contributed by atoms with E-state index in [1.54, 1.807) is 6.92 Å². The van der Waals surface area contributed by atoms with Crippen molar-refractivity contribution < 1.29 is 4.79 Å². The number of hydrogen-bond donors (Lipinski definition) is 1. The first-order chi connectivity index (χ1) is 5.25. The highest BCUT2D eigenvalue weighted by molar-refractivity contribution is 5.75. The summed E-state index contributed by atoms with van der Waals surface area (Å²) >= 11 is 0. The Balaban J connectivity index is 2.13. The molecule has 2 aliphatic heterocycles. The zero-order valence-electron chi connectivity index (χ0n) is 6.89. The number of amides is 1. The van der Waals surface area contributed by atoms with Crippen molar-refractivity contribution in [2.75, 3.05) is 19.6 Å². The van der Waals surface area contributed by atoms with Crippen molar-refractivity contribution in [2.45, 2.75) is 25.3 Å². The van der Waals surface area contributed by atoms with Crippen LogP contribution in [0.4, 0.5) is 0 Å². The van der Waals surface area contributed by atoms with Crippen LogP contribution in [0.1, 0.15) is 19.8 Å². The molecule has 1 N–H and O–H groups in total. The van der Waals surface area contributed by atoms with Gasteiger partial charge in [0.15, 0.2) is 0 Å². The summed E-state index contributed by atoms with van der Waals surface area (Å²) in [7, 11) is 0. The minimum atomic E-state index is 0.228. The van der Waals surface area contributed by atoms with E-state index in [4.69, 9.17) is 0 Å². The molecule has 62 valence electrons. The van der Waals surface area contributed by atoms with Crippen LogP contribution >= 0.6 is 0 Å². The van der Waals surface area contributed by atoms with E-state index in [0.717, 1.165) is 19.6 Å². The number of nitrogens with zero attached hydrogens (tertiary/aromatic N) is 1. The molecule has 0 bridgehead atoms. The Bertz CT molecular complexity index is 187. The van der Waals surface area contributed by atoms with Crippen LogP contribution in [0.5, 0.6) is 0 Å². The highest BCUT2D eigenvalue weighted by Gasteiger charge is 2.46. The lowest BCUT2D eigenvalue weighted by molar-refractivity contribution is -0.134. The first-order valence-corrected chi connectivity index (χ1v) is 4.24. The van der Waals surface area contributed by atoms with Crippen LogP contribution in [0.3, 0.4) is 0 Å². The fraction of sp³-hybridized carbons (Fsp3) is 0.875. The quantitative estimate of drug-likeness (QED) is 0.531. The molecule has 3 nitrogen and oxygen atoms in total. The van der Waals surface area contributed by atoms with Crippen molar-refractivity contribution in [3.8, 4) is 0 Å². The molecule has 0 aromatic heterocycles. The zero-order valence-corrected chi connectivity index (χ0v) is 6.89. The van der Waals surface area contributed by atoms with Crippen molar-refractivity contribution in [3.63, 3.8) is 0 Å². The Hall–Kier alpha value is -0.570. The highest BCUT2D eigenvalue weighted by Crippen LogP contribution is 2.32. The largest absolute Gasteiger partial charge is 0.335 e. The average molecular weight is 154 g/mol. The molecule has 0 atom stereocenters. The average Bonchev–Trinajstić information content (AvgIpc) is 2.27. The molecule has 2 saturated heterocycles. The lowest BCUT2D eigenvalue weighted by atomic mass is 9.89.